The second-order valence-corrected chi connectivity index (χ2v) is 17.0. The summed E-state index contributed by atoms with van der Waals surface area (Å²) >= 11 is 0. The summed E-state index contributed by atoms with van der Waals surface area (Å²) in [7, 11) is 2.22. The van der Waals surface area contributed by atoms with Crippen LogP contribution in [0.5, 0.6) is 0 Å². The molecule has 0 N–H and O–H groups in total. The van der Waals surface area contributed by atoms with Crippen molar-refractivity contribution >= 4 is 11.9 Å². The number of hydrogen-bond donors (Lipinski definition) is 0. The van der Waals surface area contributed by atoms with Gasteiger partial charge in [0.2, 0.25) is 0 Å². The van der Waals surface area contributed by atoms with E-state index in [1.165, 1.54) is 109 Å². The van der Waals surface area contributed by atoms with Crippen LogP contribution in [-0.4, -0.2) is 49.2 Å². The van der Waals surface area contributed by atoms with Gasteiger partial charge in [-0.05, 0) is 96.6 Å². The third-order valence-electron chi connectivity index (χ3n) is 12.2. The van der Waals surface area contributed by atoms with E-state index in [9.17, 15) is 9.59 Å². The van der Waals surface area contributed by atoms with Crippen molar-refractivity contribution in [2.75, 3.05) is 20.2 Å². The van der Waals surface area contributed by atoms with Crippen molar-refractivity contribution in [3.8, 4) is 0 Å². The molecule has 1 heterocycles. The molecule has 0 aromatic rings. The van der Waals surface area contributed by atoms with Gasteiger partial charge >= 0.3 is 11.9 Å². The van der Waals surface area contributed by atoms with E-state index in [2.05, 4.69) is 60.4 Å². The maximum absolute atomic E-state index is 13.9. The standard InChI is InChI=1S/C44H85NO4/c1-9-12-15-17-18-21-25-32-39(49-42(47)44(6,7)43(4,5)40-34-28-29-36-45(40)8)33-26-22-19-20-23-27-35-41(46)48-37-38(30-14-11-3)31-24-16-13-10-2/h38-40H,9-37H2,1-8H3. The summed E-state index contributed by atoms with van der Waals surface area (Å²) in [6.07, 6.45) is 31.7. The van der Waals surface area contributed by atoms with Gasteiger partial charge in [-0.1, -0.05) is 144 Å². The molecular weight excluding hydrogens is 606 g/mol. The summed E-state index contributed by atoms with van der Waals surface area (Å²) in [5, 5.41) is 0. The first kappa shape index (κ1) is 45.9. The summed E-state index contributed by atoms with van der Waals surface area (Å²) in [6, 6.07) is 0.398. The number of rotatable bonds is 31. The lowest BCUT2D eigenvalue weighted by molar-refractivity contribution is -0.171. The highest BCUT2D eigenvalue weighted by molar-refractivity contribution is 5.77. The van der Waals surface area contributed by atoms with Gasteiger partial charge in [0.25, 0.3) is 0 Å². The Balaban J connectivity index is 2.48. The van der Waals surface area contributed by atoms with Gasteiger partial charge < -0.3 is 14.4 Å². The second kappa shape index (κ2) is 27.5. The van der Waals surface area contributed by atoms with E-state index in [1.807, 2.05) is 0 Å². The molecule has 1 fully saturated rings. The molecule has 1 aliphatic rings. The number of unbranched alkanes of at least 4 members (excludes halogenated alkanes) is 15. The van der Waals surface area contributed by atoms with Crippen molar-refractivity contribution < 1.29 is 19.1 Å². The number of ether oxygens (including phenoxy) is 2. The Morgan fingerprint density at radius 1 is 0.653 bits per heavy atom. The minimum absolute atomic E-state index is 0.00805. The fraction of sp³-hybridized carbons (Fsp3) is 0.955. The Labute approximate surface area is 306 Å². The van der Waals surface area contributed by atoms with Crippen LogP contribution >= 0.6 is 0 Å². The SMILES string of the molecule is CCCCCCCCCC(CCCCCCCCC(=O)OCC(CCCC)CCCCCC)OC(=O)C(C)(C)C(C)(C)C1CCCCN1C. The first-order valence-corrected chi connectivity index (χ1v) is 21.6. The molecule has 5 heteroatoms. The number of hydrogen-bond acceptors (Lipinski definition) is 5. The molecule has 49 heavy (non-hydrogen) atoms. The molecule has 0 bridgehead atoms. The molecule has 3 unspecified atom stereocenters. The third kappa shape index (κ3) is 19.4. The van der Waals surface area contributed by atoms with Crippen LogP contribution in [-0.2, 0) is 19.1 Å². The van der Waals surface area contributed by atoms with Crippen LogP contribution in [0.2, 0.25) is 0 Å². The molecule has 0 radical (unpaired) electrons. The van der Waals surface area contributed by atoms with Crippen molar-refractivity contribution in [2.24, 2.45) is 16.7 Å². The monoisotopic (exact) mass is 692 g/mol. The zero-order chi connectivity index (χ0) is 36.4. The van der Waals surface area contributed by atoms with E-state index < -0.39 is 5.41 Å². The molecule has 0 aromatic carbocycles. The van der Waals surface area contributed by atoms with Gasteiger partial charge in [0.15, 0.2) is 0 Å². The molecular formula is C44H85NO4. The van der Waals surface area contributed by atoms with Crippen molar-refractivity contribution in [2.45, 2.75) is 234 Å². The molecule has 3 atom stereocenters. The van der Waals surface area contributed by atoms with E-state index in [-0.39, 0.29) is 23.5 Å². The molecule has 1 aliphatic heterocycles. The molecule has 290 valence electrons. The van der Waals surface area contributed by atoms with Gasteiger partial charge in [-0.15, -0.1) is 0 Å². The van der Waals surface area contributed by atoms with Gasteiger partial charge in [0.1, 0.15) is 6.10 Å². The summed E-state index contributed by atoms with van der Waals surface area (Å²) in [4.78, 5) is 28.8. The van der Waals surface area contributed by atoms with E-state index in [1.54, 1.807) is 0 Å². The van der Waals surface area contributed by atoms with Crippen LogP contribution in [0.25, 0.3) is 0 Å². The topological polar surface area (TPSA) is 55.8 Å². The van der Waals surface area contributed by atoms with Crippen LogP contribution < -0.4 is 0 Å². The fourth-order valence-corrected chi connectivity index (χ4v) is 7.85. The molecule has 1 rings (SSSR count). The lowest BCUT2D eigenvalue weighted by atomic mass is 9.62. The van der Waals surface area contributed by atoms with Crippen LogP contribution in [0.1, 0.15) is 222 Å². The number of carbonyl (C=O) groups is 2. The normalized spacial score (nSPS) is 17.2. The smallest absolute Gasteiger partial charge is 0.312 e. The predicted molar refractivity (Wildman–Crippen MR) is 210 cm³/mol. The summed E-state index contributed by atoms with van der Waals surface area (Å²) in [5.41, 5.74) is -0.714. The maximum Gasteiger partial charge on any atom is 0.312 e. The summed E-state index contributed by atoms with van der Waals surface area (Å²) < 4.78 is 12.2. The molecule has 0 aromatic heterocycles. The Hall–Kier alpha value is -1.10. The fourth-order valence-electron chi connectivity index (χ4n) is 7.85. The predicted octanol–water partition coefficient (Wildman–Crippen LogP) is 13.0. The average Bonchev–Trinajstić information content (AvgIpc) is 3.07. The lowest BCUT2D eigenvalue weighted by Gasteiger charge is -2.50. The first-order chi connectivity index (χ1) is 23.5. The Kier molecular flexibility index (Phi) is 25.8. The van der Waals surface area contributed by atoms with E-state index in [0.717, 1.165) is 64.3 Å². The van der Waals surface area contributed by atoms with Crippen LogP contribution in [0, 0.1) is 16.7 Å². The number of likely N-dealkylation sites (tertiary alicyclic amines) is 1. The van der Waals surface area contributed by atoms with Crippen molar-refractivity contribution in [1.82, 2.24) is 4.90 Å². The van der Waals surface area contributed by atoms with Crippen molar-refractivity contribution in [3.63, 3.8) is 0 Å². The number of carbonyl (C=O) groups excluding carboxylic acids is 2. The zero-order valence-corrected chi connectivity index (χ0v) is 34.3. The van der Waals surface area contributed by atoms with E-state index in [0.29, 0.717) is 25.0 Å². The van der Waals surface area contributed by atoms with Gasteiger partial charge in [-0.25, -0.2) is 0 Å². The molecule has 0 saturated carbocycles. The minimum atomic E-state index is -0.548. The first-order valence-electron chi connectivity index (χ1n) is 21.6. The van der Waals surface area contributed by atoms with E-state index in [4.69, 9.17) is 9.47 Å². The van der Waals surface area contributed by atoms with Crippen molar-refractivity contribution in [1.29, 1.82) is 0 Å². The Bertz CT molecular complexity index is 824. The van der Waals surface area contributed by atoms with E-state index >= 15 is 0 Å². The molecule has 5 nitrogen and oxygen atoms in total. The highest BCUT2D eigenvalue weighted by Gasteiger charge is 2.50. The highest BCUT2D eigenvalue weighted by Crippen LogP contribution is 2.47. The quantitative estimate of drug-likeness (QED) is 0.0535. The molecule has 0 aliphatic carbocycles. The van der Waals surface area contributed by atoms with Gasteiger partial charge in [-0.2, -0.15) is 0 Å². The summed E-state index contributed by atoms with van der Waals surface area (Å²) in [6.45, 7) is 17.3. The largest absolute Gasteiger partial charge is 0.465 e. The molecule has 1 saturated heterocycles. The highest BCUT2D eigenvalue weighted by atomic mass is 16.5. The van der Waals surface area contributed by atoms with Crippen LogP contribution in [0.15, 0.2) is 0 Å². The van der Waals surface area contributed by atoms with Crippen LogP contribution in [0.3, 0.4) is 0 Å². The second-order valence-electron chi connectivity index (χ2n) is 17.0. The summed E-state index contributed by atoms with van der Waals surface area (Å²) in [5.74, 6) is 0.515. The van der Waals surface area contributed by atoms with Gasteiger partial charge in [-0.3, -0.25) is 9.59 Å². The number of nitrogens with zero attached hydrogens (tertiary/aromatic N) is 1. The number of piperidine rings is 1. The average molecular weight is 692 g/mol. The Morgan fingerprint density at radius 3 is 1.71 bits per heavy atom. The lowest BCUT2D eigenvalue weighted by Crippen LogP contribution is -2.55. The number of esters is 2. The van der Waals surface area contributed by atoms with Gasteiger partial charge in [0, 0.05) is 12.5 Å². The molecule has 0 spiro atoms. The minimum Gasteiger partial charge on any atom is -0.465 e. The molecule has 0 amide bonds. The van der Waals surface area contributed by atoms with Gasteiger partial charge in [0.05, 0.1) is 12.0 Å². The maximum atomic E-state index is 13.9. The zero-order valence-electron chi connectivity index (χ0n) is 34.3. The van der Waals surface area contributed by atoms with Crippen molar-refractivity contribution in [3.05, 3.63) is 0 Å². The Morgan fingerprint density at radius 2 is 1.14 bits per heavy atom. The van der Waals surface area contributed by atoms with Crippen LogP contribution in [0.4, 0.5) is 0 Å². The third-order valence-corrected chi connectivity index (χ3v) is 12.2.